The van der Waals surface area contributed by atoms with E-state index in [1.165, 1.54) is 55.6 Å². The predicted molar refractivity (Wildman–Crippen MR) is 129 cm³/mol. The predicted octanol–water partition coefficient (Wildman–Crippen LogP) is 5.58. The number of carbonyl (C=O) groups is 2. The van der Waals surface area contributed by atoms with E-state index in [2.05, 4.69) is 72.8 Å². The van der Waals surface area contributed by atoms with Gasteiger partial charge in [-0.3, -0.25) is 9.59 Å². The normalized spacial score (nSPS) is 29.5. The van der Waals surface area contributed by atoms with Gasteiger partial charge in [-0.1, -0.05) is 84.9 Å². The first-order chi connectivity index (χ1) is 17.2. The Morgan fingerprint density at radius 1 is 0.429 bits per heavy atom. The first-order valence-corrected chi connectivity index (χ1v) is 12.4. The zero-order valence-electron chi connectivity index (χ0n) is 18.8. The lowest BCUT2D eigenvalue weighted by atomic mass is 9.53. The van der Waals surface area contributed by atoms with Crippen molar-refractivity contribution in [3.63, 3.8) is 0 Å². The molecule has 6 aliphatic carbocycles. The number of esters is 2. The van der Waals surface area contributed by atoms with E-state index >= 15 is 0 Å². The summed E-state index contributed by atoms with van der Waals surface area (Å²) < 4.78 is 5.26. The molecule has 7 aliphatic rings. The highest BCUT2D eigenvalue weighted by Gasteiger charge is 2.61. The van der Waals surface area contributed by atoms with Crippen molar-refractivity contribution in [3.05, 3.63) is 141 Å². The maximum Gasteiger partial charge on any atom is 0.318 e. The van der Waals surface area contributed by atoms with Crippen LogP contribution in [0.2, 0.25) is 0 Å². The molecule has 4 bridgehead atoms. The lowest BCUT2D eigenvalue weighted by Gasteiger charge is -2.48. The zero-order valence-corrected chi connectivity index (χ0v) is 18.8. The molecule has 166 valence electrons. The van der Waals surface area contributed by atoms with Gasteiger partial charge in [0.05, 0.1) is 11.8 Å². The Bertz CT molecular complexity index is 1500. The summed E-state index contributed by atoms with van der Waals surface area (Å²) >= 11 is 0. The summed E-state index contributed by atoms with van der Waals surface area (Å²) in [5.74, 6) is -1.44. The molecule has 0 radical (unpaired) electrons. The Hall–Kier alpha value is -3.98. The zero-order chi connectivity index (χ0) is 23.0. The second-order valence-electron chi connectivity index (χ2n) is 10.6. The molecule has 1 heterocycles. The lowest BCUT2D eigenvalue weighted by molar-refractivity contribution is -0.153. The van der Waals surface area contributed by atoms with Gasteiger partial charge >= 0.3 is 11.9 Å². The molecular weight excluding hydrogens is 432 g/mol. The van der Waals surface area contributed by atoms with Crippen LogP contribution in [-0.2, 0) is 14.3 Å². The van der Waals surface area contributed by atoms with Crippen LogP contribution >= 0.6 is 0 Å². The molecule has 4 aromatic rings. The van der Waals surface area contributed by atoms with Crippen LogP contribution in [0, 0.1) is 11.8 Å². The maximum absolute atomic E-state index is 12.9. The van der Waals surface area contributed by atoms with Crippen molar-refractivity contribution in [1.82, 2.24) is 0 Å². The molecule has 0 N–H and O–H groups in total. The van der Waals surface area contributed by atoms with Crippen molar-refractivity contribution < 1.29 is 14.3 Å². The highest BCUT2D eigenvalue weighted by Crippen LogP contribution is 2.63. The quantitative estimate of drug-likeness (QED) is 0.223. The Morgan fingerprint density at radius 2 is 0.771 bits per heavy atom. The highest BCUT2D eigenvalue weighted by molar-refractivity contribution is 6.00. The van der Waals surface area contributed by atoms with Crippen LogP contribution in [0.25, 0.3) is 0 Å². The molecule has 35 heavy (non-hydrogen) atoms. The standard InChI is InChI=1S/C32H20O3/c33-31-29-27-19-11-5-6-12-20(19)28(30(29)32(34)35-31)24-14-22-21(13-23(24)27)25-15-7-1-2-8-16(15)26(22)18-10-4-3-9-17(18)25/h1-14,25-30H. The third-order valence-corrected chi connectivity index (χ3v) is 9.33. The molecule has 0 spiro atoms. The summed E-state index contributed by atoms with van der Waals surface area (Å²) in [4.78, 5) is 25.9. The molecule has 0 aromatic heterocycles. The van der Waals surface area contributed by atoms with Crippen molar-refractivity contribution in [1.29, 1.82) is 0 Å². The Labute approximate surface area is 202 Å². The van der Waals surface area contributed by atoms with Crippen LogP contribution < -0.4 is 0 Å². The van der Waals surface area contributed by atoms with Crippen LogP contribution in [0.15, 0.2) is 84.9 Å². The minimum Gasteiger partial charge on any atom is -0.393 e. The molecule has 0 saturated carbocycles. The molecule has 4 aromatic carbocycles. The maximum atomic E-state index is 12.9. The van der Waals surface area contributed by atoms with E-state index in [1.54, 1.807) is 0 Å². The molecule has 4 atom stereocenters. The van der Waals surface area contributed by atoms with Gasteiger partial charge in [0.2, 0.25) is 0 Å². The first kappa shape index (κ1) is 18.4. The Balaban J connectivity index is 1.36. The van der Waals surface area contributed by atoms with Gasteiger partial charge in [-0.2, -0.15) is 0 Å². The summed E-state index contributed by atoms with van der Waals surface area (Å²) in [6, 6.07) is 30.8. The first-order valence-electron chi connectivity index (χ1n) is 12.4. The van der Waals surface area contributed by atoms with Crippen LogP contribution in [0.1, 0.15) is 79.3 Å². The summed E-state index contributed by atoms with van der Waals surface area (Å²) in [7, 11) is 0. The van der Waals surface area contributed by atoms with Gasteiger partial charge in [-0.15, -0.1) is 0 Å². The number of hydrogen-bond donors (Lipinski definition) is 0. The van der Waals surface area contributed by atoms with E-state index < -0.39 is 11.8 Å². The fourth-order valence-electron chi connectivity index (χ4n) is 8.19. The minimum absolute atomic E-state index is 0.133. The third kappa shape index (κ3) is 1.98. The summed E-state index contributed by atoms with van der Waals surface area (Å²) in [6.45, 7) is 0. The van der Waals surface area contributed by atoms with Gasteiger partial charge in [0, 0.05) is 23.7 Å². The van der Waals surface area contributed by atoms with Crippen LogP contribution in [0.3, 0.4) is 0 Å². The fourth-order valence-corrected chi connectivity index (χ4v) is 8.19. The molecule has 1 aliphatic heterocycles. The molecule has 3 heteroatoms. The van der Waals surface area contributed by atoms with Crippen LogP contribution in [0.5, 0.6) is 0 Å². The minimum atomic E-state index is -0.423. The largest absolute Gasteiger partial charge is 0.393 e. The van der Waals surface area contributed by atoms with Crippen molar-refractivity contribution in [2.75, 3.05) is 0 Å². The van der Waals surface area contributed by atoms with Crippen molar-refractivity contribution >= 4 is 11.9 Å². The van der Waals surface area contributed by atoms with Crippen molar-refractivity contribution in [2.45, 2.75) is 23.7 Å². The number of ether oxygens (including phenoxy) is 1. The van der Waals surface area contributed by atoms with Gasteiger partial charge in [0.15, 0.2) is 0 Å². The third-order valence-electron chi connectivity index (χ3n) is 9.33. The topological polar surface area (TPSA) is 43.4 Å². The summed E-state index contributed by atoms with van der Waals surface area (Å²) in [5.41, 5.74) is 13.0. The van der Waals surface area contributed by atoms with Crippen molar-refractivity contribution in [3.8, 4) is 0 Å². The van der Waals surface area contributed by atoms with Crippen molar-refractivity contribution in [2.24, 2.45) is 11.8 Å². The molecule has 0 amide bonds. The van der Waals surface area contributed by atoms with Gasteiger partial charge in [-0.05, 0) is 55.6 Å². The number of hydrogen-bond acceptors (Lipinski definition) is 3. The highest BCUT2D eigenvalue weighted by atomic mass is 16.6. The van der Waals surface area contributed by atoms with Gasteiger partial charge < -0.3 is 4.74 Å². The Kier molecular flexibility index (Phi) is 3.14. The summed E-state index contributed by atoms with van der Waals surface area (Å²) in [6.07, 6.45) is 0. The van der Waals surface area contributed by atoms with Gasteiger partial charge in [-0.25, -0.2) is 0 Å². The second-order valence-corrected chi connectivity index (χ2v) is 10.6. The van der Waals surface area contributed by atoms with Gasteiger partial charge in [0.25, 0.3) is 0 Å². The number of rotatable bonds is 0. The molecule has 1 saturated heterocycles. The number of cyclic esters (lactones) is 2. The smallest absolute Gasteiger partial charge is 0.318 e. The molecule has 11 rings (SSSR count). The van der Waals surface area contributed by atoms with E-state index in [9.17, 15) is 9.59 Å². The average molecular weight is 453 g/mol. The van der Waals surface area contributed by atoms with Gasteiger partial charge in [0.1, 0.15) is 0 Å². The fraction of sp³-hybridized carbons (Fsp3) is 0.188. The molecule has 3 nitrogen and oxygen atoms in total. The van der Waals surface area contributed by atoms with E-state index in [0.29, 0.717) is 0 Å². The average Bonchev–Trinajstić information content (AvgIpc) is 3.21. The number of benzene rings is 4. The number of carbonyl (C=O) groups excluding carboxylic acids is 2. The van der Waals surface area contributed by atoms with E-state index in [0.717, 1.165) is 0 Å². The second kappa shape index (κ2) is 5.98. The lowest BCUT2D eigenvalue weighted by Crippen LogP contribution is -2.42. The van der Waals surface area contributed by atoms with E-state index in [1.807, 2.05) is 12.1 Å². The molecule has 1 fully saturated rings. The SMILES string of the molecule is O=C1OC(=O)C2C3c4ccccc4C(c4cc5c(cc43)C3c4ccccc4C5c4ccccc43)C12. The van der Waals surface area contributed by atoms with E-state index in [-0.39, 0.29) is 35.6 Å². The monoisotopic (exact) mass is 452 g/mol. The molecular formula is C32H20O3. The molecule has 4 unspecified atom stereocenters. The van der Waals surface area contributed by atoms with Crippen LogP contribution in [0.4, 0.5) is 0 Å². The van der Waals surface area contributed by atoms with Crippen LogP contribution in [-0.4, -0.2) is 11.9 Å². The Morgan fingerprint density at radius 3 is 1.14 bits per heavy atom. The summed E-state index contributed by atoms with van der Waals surface area (Å²) in [5, 5.41) is 0. The van der Waals surface area contributed by atoms with E-state index in [4.69, 9.17) is 4.74 Å².